The number of hydrogen-bond donors (Lipinski definition) is 0. The predicted octanol–water partition coefficient (Wildman–Crippen LogP) is 3.77. The Morgan fingerprint density at radius 3 is 2.33 bits per heavy atom. The Labute approximate surface area is 86.3 Å². The van der Waals surface area contributed by atoms with E-state index in [0.717, 1.165) is 10.3 Å². The molecule has 12 heavy (non-hydrogen) atoms. The van der Waals surface area contributed by atoms with Crippen molar-refractivity contribution in [2.75, 3.05) is 0 Å². The van der Waals surface area contributed by atoms with Crippen LogP contribution in [-0.4, -0.2) is 4.98 Å². The van der Waals surface area contributed by atoms with Crippen molar-refractivity contribution >= 4 is 27.3 Å². The third-order valence-electron chi connectivity index (χ3n) is 1.70. The van der Waals surface area contributed by atoms with Crippen LogP contribution in [0.15, 0.2) is 3.92 Å². The lowest BCUT2D eigenvalue weighted by molar-refractivity contribution is 0.566. The van der Waals surface area contributed by atoms with E-state index in [-0.39, 0.29) is 5.41 Å². The molecule has 0 aliphatic heterocycles. The van der Waals surface area contributed by atoms with Gasteiger partial charge in [0.1, 0.15) is 0 Å². The molecule has 1 heterocycles. The van der Waals surface area contributed by atoms with Gasteiger partial charge in [-0.1, -0.05) is 27.7 Å². The Kier molecular flexibility index (Phi) is 2.94. The smallest absolute Gasteiger partial charge is 0.159 e. The van der Waals surface area contributed by atoms with Gasteiger partial charge in [-0.25, -0.2) is 4.98 Å². The van der Waals surface area contributed by atoms with Gasteiger partial charge in [0, 0.05) is 10.3 Å². The fraction of sp³-hybridized carbons (Fsp3) is 0.667. The first kappa shape index (κ1) is 10.2. The average Bonchev–Trinajstić information content (AvgIpc) is 2.29. The summed E-state index contributed by atoms with van der Waals surface area (Å²) in [5.41, 5.74) is 1.41. The molecule has 1 rings (SSSR count). The van der Waals surface area contributed by atoms with Crippen molar-refractivity contribution in [3.8, 4) is 0 Å². The van der Waals surface area contributed by atoms with Crippen molar-refractivity contribution in [2.24, 2.45) is 0 Å². The SMILES string of the molecule is CCc1sc(Br)nc1C(C)(C)C. The molecule has 1 aromatic rings. The van der Waals surface area contributed by atoms with Crippen molar-refractivity contribution in [3.05, 3.63) is 14.5 Å². The summed E-state index contributed by atoms with van der Waals surface area (Å²) in [6.45, 7) is 8.78. The van der Waals surface area contributed by atoms with Gasteiger partial charge in [0.05, 0.1) is 5.69 Å². The summed E-state index contributed by atoms with van der Waals surface area (Å²) in [7, 11) is 0. The first-order valence-corrected chi connectivity index (χ1v) is 5.71. The van der Waals surface area contributed by atoms with E-state index in [1.165, 1.54) is 10.6 Å². The molecule has 0 unspecified atom stereocenters. The number of rotatable bonds is 1. The van der Waals surface area contributed by atoms with Gasteiger partial charge < -0.3 is 0 Å². The standard InChI is InChI=1S/C9H14BrNS/c1-5-6-7(9(2,3)4)11-8(10)12-6/h5H2,1-4H3. The number of aryl methyl sites for hydroxylation is 1. The maximum atomic E-state index is 4.49. The Balaban J connectivity index is 3.13. The van der Waals surface area contributed by atoms with Gasteiger partial charge >= 0.3 is 0 Å². The highest BCUT2D eigenvalue weighted by molar-refractivity contribution is 9.11. The molecule has 0 atom stereocenters. The van der Waals surface area contributed by atoms with Crippen LogP contribution in [0.3, 0.4) is 0 Å². The predicted molar refractivity (Wildman–Crippen MR) is 57.9 cm³/mol. The van der Waals surface area contributed by atoms with E-state index in [9.17, 15) is 0 Å². The van der Waals surface area contributed by atoms with E-state index in [0.29, 0.717) is 0 Å². The lowest BCUT2D eigenvalue weighted by atomic mass is 9.91. The Hall–Kier alpha value is 0.110. The summed E-state index contributed by atoms with van der Waals surface area (Å²) in [5, 5.41) is 0. The molecule has 0 bridgehead atoms. The van der Waals surface area contributed by atoms with E-state index in [1.807, 2.05) is 0 Å². The molecule has 0 fully saturated rings. The second kappa shape index (κ2) is 3.46. The van der Waals surface area contributed by atoms with Gasteiger partial charge in [-0.15, -0.1) is 11.3 Å². The van der Waals surface area contributed by atoms with Crippen LogP contribution >= 0.6 is 27.3 Å². The largest absolute Gasteiger partial charge is 0.233 e. The monoisotopic (exact) mass is 247 g/mol. The van der Waals surface area contributed by atoms with E-state index in [2.05, 4.69) is 48.6 Å². The molecule has 0 spiro atoms. The van der Waals surface area contributed by atoms with Gasteiger partial charge in [-0.3, -0.25) is 0 Å². The topological polar surface area (TPSA) is 12.9 Å². The molecule has 0 aliphatic carbocycles. The van der Waals surface area contributed by atoms with Crippen molar-refractivity contribution < 1.29 is 0 Å². The number of thiazole rings is 1. The Morgan fingerprint density at radius 1 is 1.42 bits per heavy atom. The lowest BCUT2D eigenvalue weighted by Crippen LogP contribution is -2.13. The van der Waals surface area contributed by atoms with Crippen LogP contribution in [0.4, 0.5) is 0 Å². The fourth-order valence-corrected chi connectivity index (χ4v) is 2.85. The summed E-state index contributed by atoms with van der Waals surface area (Å²) < 4.78 is 1.00. The second-order valence-electron chi connectivity index (χ2n) is 3.84. The summed E-state index contributed by atoms with van der Waals surface area (Å²) in [5.74, 6) is 0. The van der Waals surface area contributed by atoms with Crippen LogP contribution < -0.4 is 0 Å². The lowest BCUT2D eigenvalue weighted by Gasteiger charge is -2.16. The summed E-state index contributed by atoms with van der Waals surface area (Å²) >= 11 is 5.17. The molecule has 3 heteroatoms. The molecule has 0 saturated carbocycles. The Morgan fingerprint density at radius 2 is 2.00 bits per heavy atom. The van der Waals surface area contributed by atoms with Crippen LogP contribution in [0.5, 0.6) is 0 Å². The van der Waals surface area contributed by atoms with Gasteiger partial charge in [-0.2, -0.15) is 0 Å². The van der Waals surface area contributed by atoms with Crippen molar-refractivity contribution in [1.29, 1.82) is 0 Å². The second-order valence-corrected chi connectivity index (χ2v) is 6.20. The number of hydrogen-bond acceptors (Lipinski definition) is 2. The molecule has 0 amide bonds. The number of nitrogens with zero attached hydrogens (tertiary/aromatic N) is 1. The summed E-state index contributed by atoms with van der Waals surface area (Å²) in [6.07, 6.45) is 1.08. The highest BCUT2D eigenvalue weighted by Crippen LogP contribution is 2.32. The zero-order chi connectivity index (χ0) is 9.35. The molecule has 1 aromatic heterocycles. The van der Waals surface area contributed by atoms with E-state index in [4.69, 9.17) is 0 Å². The van der Waals surface area contributed by atoms with Crippen molar-refractivity contribution in [2.45, 2.75) is 39.5 Å². The molecular weight excluding hydrogens is 234 g/mol. The molecule has 68 valence electrons. The molecular formula is C9H14BrNS. The highest BCUT2D eigenvalue weighted by atomic mass is 79.9. The zero-order valence-corrected chi connectivity index (χ0v) is 10.3. The highest BCUT2D eigenvalue weighted by Gasteiger charge is 2.21. The summed E-state index contributed by atoms with van der Waals surface area (Å²) in [4.78, 5) is 5.89. The normalized spacial score (nSPS) is 12.1. The Bertz CT molecular complexity index is 273. The minimum Gasteiger partial charge on any atom is -0.233 e. The molecule has 0 aliphatic rings. The van der Waals surface area contributed by atoms with Crippen LogP contribution in [0.25, 0.3) is 0 Å². The zero-order valence-electron chi connectivity index (χ0n) is 7.94. The minimum absolute atomic E-state index is 0.174. The third-order valence-corrected chi connectivity index (χ3v) is 3.35. The van der Waals surface area contributed by atoms with Gasteiger partial charge in [0.15, 0.2) is 3.92 Å². The van der Waals surface area contributed by atoms with Gasteiger partial charge in [0.25, 0.3) is 0 Å². The molecule has 1 nitrogen and oxygen atoms in total. The van der Waals surface area contributed by atoms with Crippen molar-refractivity contribution in [1.82, 2.24) is 4.98 Å². The molecule has 0 radical (unpaired) electrons. The number of halogens is 1. The van der Waals surface area contributed by atoms with E-state index >= 15 is 0 Å². The van der Waals surface area contributed by atoms with Crippen molar-refractivity contribution in [3.63, 3.8) is 0 Å². The number of aromatic nitrogens is 1. The van der Waals surface area contributed by atoms with Crippen LogP contribution in [0, 0.1) is 0 Å². The van der Waals surface area contributed by atoms with E-state index < -0.39 is 0 Å². The molecule has 0 N–H and O–H groups in total. The quantitative estimate of drug-likeness (QED) is 0.737. The minimum atomic E-state index is 0.174. The third kappa shape index (κ3) is 2.07. The fourth-order valence-electron chi connectivity index (χ4n) is 1.15. The van der Waals surface area contributed by atoms with E-state index in [1.54, 1.807) is 11.3 Å². The van der Waals surface area contributed by atoms with Crippen LogP contribution in [0.1, 0.15) is 38.3 Å². The molecule has 0 saturated heterocycles. The maximum absolute atomic E-state index is 4.49. The van der Waals surface area contributed by atoms with Gasteiger partial charge in [0.2, 0.25) is 0 Å². The first-order valence-electron chi connectivity index (χ1n) is 4.11. The maximum Gasteiger partial charge on any atom is 0.159 e. The van der Waals surface area contributed by atoms with Crippen LogP contribution in [0.2, 0.25) is 0 Å². The summed E-state index contributed by atoms with van der Waals surface area (Å²) in [6, 6.07) is 0. The van der Waals surface area contributed by atoms with Gasteiger partial charge in [-0.05, 0) is 22.4 Å². The van der Waals surface area contributed by atoms with Crippen LogP contribution in [-0.2, 0) is 11.8 Å². The average molecular weight is 248 g/mol. The first-order chi connectivity index (χ1) is 5.45. The molecule has 0 aromatic carbocycles.